The largest absolute Gasteiger partial charge is 0.305 e. The van der Waals surface area contributed by atoms with Crippen molar-refractivity contribution in [2.24, 2.45) is 0 Å². The molecule has 1 aliphatic carbocycles. The Morgan fingerprint density at radius 3 is 2.76 bits per heavy atom. The molecule has 0 amide bonds. The summed E-state index contributed by atoms with van der Waals surface area (Å²) in [6, 6.07) is 7.21. The van der Waals surface area contributed by atoms with Gasteiger partial charge in [-0.05, 0) is 49.3 Å². The van der Waals surface area contributed by atoms with Crippen LogP contribution in [0.15, 0.2) is 29.8 Å². The molecule has 0 heterocycles. The zero-order chi connectivity index (χ0) is 12.3. The number of rotatable bonds is 4. The zero-order valence-electron chi connectivity index (χ0n) is 10.4. The van der Waals surface area contributed by atoms with Gasteiger partial charge < -0.3 is 5.32 Å². The number of halogens is 1. The van der Waals surface area contributed by atoms with Gasteiger partial charge in [-0.15, -0.1) is 0 Å². The number of hydrogen-bond donors (Lipinski definition) is 1. The van der Waals surface area contributed by atoms with Crippen molar-refractivity contribution in [3.8, 4) is 0 Å². The first kappa shape index (κ1) is 12.7. The van der Waals surface area contributed by atoms with E-state index in [0.717, 1.165) is 0 Å². The Hall–Kier alpha value is -0.790. The Bertz CT molecular complexity index is 411. The summed E-state index contributed by atoms with van der Waals surface area (Å²) in [5.41, 5.74) is 4.42. The highest BCUT2D eigenvalue weighted by Crippen LogP contribution is 2.24. The van der Waals surface area contributed by atoms with Crippen LogP contribution in [-0.4, -0.2) is 6.54 Å². The molecule has 0 saturated heterocycles. The van der Waals surface area contributed by atoms with Crippen LogP contribution < -0.4 is 5.32 Å². The second-order valence-corrected chi connectivity index (χ2v) is 5.39. The van der Waals surface area contributed by atoms with Crippen LogP contribution >= 0.6 is 11.6 Å². The highest BCUT2D eigenvalue weighted by molar-refractivity contribution is 6.29. The maximum Gasteiger partial charge on any atom is 0.0313 e. The van der Waals surface area contributed by atoms with Crippen molar-refractivity contribution in [3.63, 3.8) is 0 Å². The monoisotopic (exact) mass is 249 g/mol. The second kappa shape index (κ2) is 5.70. The first-order chi connectivity index (χ1) is 8.16. The quantitative estimate of drug-likeness (QED) is 0.852. The van der Waals surface area contributed by atoms with Crippen molar-refractivity contribution >= 4 is 11.6 Å². The van der Waals surface area contributed by atoms with Crippen LogP contribution in [0.5, 0.6) is 0 Å². The van der Waals surface area contributed by atoms with Gasteiger partial charge in [-0.3, -0.25) is 0 Å². The summed E-state index contributed by atoms with van der Waals surface area (Å²) < 4.78 is 0. The average Bonchev–Trinajstić information content (AvgIpc) is 2.35. The molecule has 1 unspecified atom stereocenters. The number of benzene rings is 1. The van der Waals surface area contributed by atoms with Gasteiger partial charge in [0.05, 0.1) is 0 Å². The van der Waals surface area contributed by atoms with Gasteiger partial charge in [0, 0.05) is 17.6 Å². The van der Waals surface area contributed by atoms with E-state index < -0.39 is 0 Å². The molecule has 1 N–H and O–H groups in total. The second-order valence-electron chi connectivity index (χ2n) is 4.86. The lowest BCUT2D eigenvalue weighted by atomic mass is 9.89. The molecule has 1 aromatic rings. The van der Waals surface area contributed by atoms with Crippen molar-refractivity contribution in [2.45, 2.75) is 38.6 Å². The third-order valence-electron chi connectivity index (χ3n) is 3.47. The molecule has 0 spiro atoms. The first-order valence-corrected chi connectivity index (χ1v) is 6.73. The van der Waals surface area contributed by atoms with Crippen molar-refractivity contribution in [1.82, 2.24) is 5.32 Å². The van der Waals surface area contributed by atoms with Crippen LogP contribution in [0.1, 0.15) is 42.5 Å². The van der Waals surface area contributed by atoms with E-state index in [-0.39, 0.29) is 0 Å². The molecule has 1 nitrogen and oxygen atoms in total. The van der Waals surface area contributed by atoms with Crippen LogP contribution in [-0.2, 0) is 12.8 Å². The summed E-state index contributed by atoms with van der Waals surface area (Å²) >= 11 is 5.77. The van der Waals surface area contributed by atoms with Crippen LogP contribution in [0.25, 0.3) is 0 Å². The molecule has 1 aliphatic rings. The van der Waals surface area contributed by atoms with Gasteiger partial charge in [-0.25, -0.2) is 0 Å². The van der Waals surface area contributed by atoms with Gasteiger partial charge >= 0.3 is 0 Å². The number of hydrogen-bond acceptors (Lipinski definition) is 1. The molecule has 92 valence electrons. The standard InChI is InChI=1S/C15H20ClN/c1-11(16)10-17-12(2)14-8-7-13-5-3-4-6-15(13)9-14/h7-9,12,17H,1,3-6,10H2,2H3. The molecule has 0 aliphatic heterocycles. The van der Waals surface area contributed by atoms with Crippen molar-refractivity contribution < 1.29 is 0 Å². The molecule has 0 saturated carbocycles. The SMILES string of the molecule is C=C(Cl)CNC(C)c1ccc2c(c1)CCCC2. The van der Waals surface area contributed by atoms with Gasteiger partial charge in [0.15, 0.2) is 0 Å². The minimum Gasteiger partial charge on any atom is -0.305 e. The molecule has 1 aromatic carbocycles. The topological polar surface area (TPSA) is 12.0 Å². The number of fused-ring (bicyclic) bond motifs is 1. The summed E-state index contributed by atoms with van der Waals surface area (Å²) in [5.74, 6) is 0. The molecule has 0 bridgehead atoms. The average molecular weight is 250 g/mol. The van der Waals surface area contributed by atoms with Crippen LogP contribution in [0, 0.1) is 0 Å². The van der Waals surface area contributed by atoms with E-state index in [9.17, 15) is 0 Å². The molecule has 1 atom stereocenters. The van der Waals surface area contributed by atoms with Crippen LogP contribution in [0.3, 0.4) is 0 Å². The lowest BCUT2D eigenvalue weighted by Crippen LogP contribution is -2.20. The Morgan fingerprint density at radius 1 is 1.35 bits per heavy atom. The Labute approximate surface area is 109 Å². The van der Waals surface area contributed by atoms with Crippen molar-refractivity contribution in [1.29, 1.82) is 0 Å². The minimum atomic E-state index is 0.331. The maximum atomic E-state index is 5.77. The molecule has 0 fully saturated rings. The zero-order valence-corrected chi connectivity index (χ0v) is 11.2. The minimum absolute atomic E-state index is 0.331. The molecule has 17 heavy (non-hydrogen) atoms. The number of nitrogens with one attached hydrogen (secondary N) is 1. The van der Waals surface area contributed by atoms with E-state index in [1.54, 1.807) is 0 Å². The van der Waals surface area contributed by atoms with E-state index in [1.807, 2.05) is 0 Å². The summed E-state index contributed by atoms with van der Waals surface area (Å²) in [6.45, 7) is 6.53. The van der Waals surface area contributed by atoms with Crippen molar-refractivity contribution in [2.75, 3.05) is 6.54 Å². The molecule has 0 aromatic heterocycles. The van der Waals surface area contributed by atoms with Gasteiger partial charge in [-0.1, -0.05) is 36.4 Å². The number of aryl methyl sites for hydroxylation is 2. The summed E-state index contributed by atoms with van der Waals surface area (Å²) in [6.07, 6.45) is 5.15. The van der Waals surface area contributed by atoms with E-state index in [0.29, 0.717) is 17.6 Å². The first-order valence-electron chi connectivity index (χ1n) is 6.35. The van der Waals surface area contributed by atoms with E-state index in [1.165, 1.54) is 42.4 Å². The highest BCUT2D eigenvalue weighted by atomic mass is 35.5. The van der Waals surface area contributed by atoms with E-state index >= 15 is 0 Å². The van der Waals surface area contributed by atoms with Gasteiger partial charge in [0.2, 0.25) is 0 Å². The van der Waals surface area contributed by atoms with Crippen LogP contribution in [0.2, 0.25) is 0 Å². The molecule has 2 heteroatoms. The molecular weight excluding hydrogens is 230 g/mol. The molecule has 2 rings (SSSR count). The summed E-state index contributed by atoms with van der Waals surface area (Å²) in [7, 11) is 0. The summed E-state index contributed by atoms with van der Waals surface area (Å²) in [4.78, 5) is 0. The highest BCUT2D eigenvalue weighted by Gasteiger charge is 2.12. The third kappa shape index (κ3) is 3.34. The Morgan fingerprint density at radius 2 is 2.06 bits per heavy atom. The lowest BCUT2D eigenvalue weighted by Gasteiger charge is -2.20. The Kier molecular flexibility index (Phi) is 4.25. The fourth-order valence-corrected chi connectivity index (χ4v) is 2.48. The maximum absolute atomic E-state index is 5.77. The third-order valence-corrected chi connectivity index (χ3v) is 3.61. The van der Waals surface area contributed by atoms with E-state index in [2.05, 4.69) is 37.0 Å². The predicted molar refractivity (Wildman–Crippen MR) is 74.5 cm³/mol. The van der Waals surface area contributed by atoms with E-state index in [4.69, 9.17) is 11.6 Å². The van der Waals surface area contributed by atoms with Gasteiger partial charge in [0.1, 0.15) is 0 Å². The van der Waals surface area contributed by atoms with Crippen LogP contribution in [0.4, 0.5) is 0 Å². The predicted octanol–water partition coefficient (Wildman–Crippen LogP) is 3.97. The Balaban J connectivity index is 2.08. The fraction of sp³-hybridized carbons (Fsp3) is 0.467. The smallest absolute Gasteiger partial charge is 0.0313 e. The fourth-order valence-electron chi connectivity index (χ4n) is 2.40. The van der Waals surface area contributed by atoms with Gasteiger partial charge in [0.25, 0.3) is 0 Å². The normalized spacial score (nSPS) is 16.4. The molecular formula is C15H20ClN. The molecule has 0 radical (unpaired) electrons. The summed E-state index contributed by atoms with van der Waals surface area (Å²) in [5, 5.41) is 4.04. The van der Waals surface area contributed by atoms with Crippen molar-refractivity contribution in [3.05, 3.63) is 46.5 Å². The lowest BCUT2D eigenvalue weighted by molar-refractivity contribution is 0.610. The van der Waals surface area contributed by atoms with Gasteiger partial charge in [-0.2, -0.15) is 0 Å².